The number of hydrogen-bond donors (Lipinski definition) is 1. The van der Waals surface area contributed by atoms with Gasteiger partial charge in [-0.15, -0.1) is 0 Å². The van der Waals surface area contributed by atoms with E-state index < -0.39 is 18.0 Å². The molecule has 0 saturated heterocycles. The number of carboxylic acid groups (broad SMARTS) is 1. The molecular formula is C16H14NO4-. The number of nitrogens with one attached hydrogen (secondary N) is 1. The third-order valence-corrected chi connectivity index (χ3v) is 2.83. The molecule has 0 radical (unpaired) electrons. The van der Waals surface area contributed by atoms with E-state index in [0.717, 1.165) is 0 Å². The van der Waals surface area contributed by atoms with Gasteiger partial charge in [-0.05, 0) is 25.1 Å². The third kappa shape index (κ3) is 3.82. The number of rotatable bonds is 5. The zero-order valence-corrected chi connectivity index (χ0v) is 11.4. The number of para-hydroxylation sites is 2. The van der Waals surface area contributed by atoms with E-state index >= 15 is 0 Å². The average molecular weight is 284 g/mol. The molecule has 0 aromatic heterocycles. The zero-order valence-electron chi connectivity index (χ0n) is 11.4. The summed E-state index contributed by atoms with van der Waals surface area (Å²) in [5.41, 5.74) is 0.115. The van der Waals surface area contributed by atoms with Gasteiger partial charge in [-0.3, -0.25) is 4.79 Å². The molecule has 0 fully saturated rings. The van der Waals surface area contributed by atoms with Crippen molar-refractivity contribution in [3.63, 3.8) is 0 Å². The van der Waals surface area contributed by atoms with E-state index in [4.69, 9.17) is 4.74 Å². The quantitative estimate of drug-likeness (QED) is 0.901. The topological polar surface area (TPSA) is 78.5 Å². The fraction of sp³-hybridized carbons (Fsp3) is 0.125. The van der Waals surface area contributed by atoms with Crippen molar-refractivity contribution in [2.75, 3.05) is 5.32 Å². The van der Waals surface area contributed by atoms with Gasteiger partial charge in [0.15, 0.2) is 6.10 Å². The number of aromatic carboxylic acids is 1. The molecule has 1 atom stereocenters. The minimum Gasteiger partial charge on any atom is -0.545 e. The number of carbonyl (C=O) groups excluding carboxylic acids is 2. The second kappa shape index (κ2) is 6.56. The number of hydrogen-bond acceptors (Lipinski definition) is 4. The number of amides is 1. The molecule has 0 aliphatic heterocycles. The molecule has 0 spiro atoms. The summed E-state index contributed by atoms with van der Waals surface area (Å²) in [6, 6.07) is 15.0. The van der Waals surface area contributed by atoms with Crippen LogP contribution < -0.4 is 15.2 Å². The van der Waals surface area contributed by atoms with Crippen molar-refractivity contribution in [1.29, 1.82) is 0 Å². The second-order valence-electron chi connectivity index (χ2n) is 4.40. The predicted molar refractivity (Wildman–Crippen MR) is 75.9 cm³/mol. The summed E-state index contributed by atoms with van der Waals surface area (Å²) in [5, 5.41) is 13.5. The van der Waals surface area contributed by atoms with Crippen LogP contribution in [0.4, 0.5) is 5.69 Å². The largest absolute Gasteiger partial charge is 0.545 e. The van der Waals surface area contributed by atoms with Gasteiger partial charge in [0.25, 0.3) is 5.91 Å². The van der Waals surface area contributed by atoms with Crippen LogP contribution in [0, 0.1) is 0 Å². The summed E-state index contributed by atoms with van der Waals surface area (Å²) in [7, 11) is 0. The zero-order chi connectivity index (χ0) is 15.2. The van der Waals surface area contributed by atoms with Crippen LogP contribution >= 0.6 is 0 Å². The van der Waals surface area contributed by atoms with Crippen LogP contribution in [-0.2, 0) is 4.79 Å². The van der Waals surface area contributed by atoms with Crippen LogP contribution in [0.25, 0.3) is 0 Å². The minimum absolute atomic E-state index is 0.0715. The van der Waals surface area contributed by atoms with E-state index in [0.29, 0.717) is 5.75 Å². The Labute approximate surface area is 122 Å². The smallest absolute Gasteiger partial charge is 0.265 e. The van der Waals surface area contributed by atoms with E-state index in [-0.39, 0.29) is 11.3 Å². The number of carbonyl (C=O) groups is 2. The molecule has 2 aromatic carbocycles. The second-order valence-corrected chi connectivity index (χ2v) is 4.40. The van der Waals surface area contributed by atoms with Gasteiger partial charge >= 0.3 is 0 Å². The Hall–Kier alpha value is -2.82. The molecule has 21 heavy (non-hydrogen) atoms. The van der Waals surface area contributed by atoms with E-state index in [1.165, 1.54) is 12.1 Å². The van der Waals surface area contributed by atoms with Crippen LogP contribution in [-0.4, -0.2) is 18.0 Å². The molecule has 1 amide bonds. The monoisotopic (exact) mass is 284 g/mol. The molecule has 0 aliphatic rings. The van der Waals surface area contributed by atoms with Crippen molar-refractivity contribution in [1.82, 2.24) is 0 Å². The Morgan fingerprint density at radius 3 is 2.33 bits per heavy atom. The Kier molecular flexibility index (Phi) is 4.56. The molecule has 0 heterocycles. The molecule has 108 valence electrons. The summed E-state index contributed by atoms with van der Waals surface area (Å²) in [6.07, 6.45) is -0.762. The van der Waals surface area contributed by atoms with Gasteiger partial charge in [-0.25, -0.2) is 0 Å². The van der Waals surface area contributed by atoms with E-state index in [2.05, 4.69) is 5.32 Å². The normalized spacial score (nSPS) is 11.5. The standard InChI is InChI=1S/C16H15NO4/c1-11(21-12-7-3-2-4-8-12)15(18)17-14-10-6-5-9-13(14)16(19)20/h2-11H,1H3,(H,17,18)(H,19,20)/p-1/t11-/m0/s1. The molecule has 2 rings (SSSR count). The van der Waals surface area contributed by atoms with Crippen molar-refractivity contribution < 1.29 is 19.4 Å². The highest BCUT2D eigenvalue weighted by Crippen LogP contribution is 2.16. The summed E-state index contributed by atoms with van der Waals surface area (Å²) in [6.45, 7) is 1.59. The Morgan fingerprint density at radius 1 is 1.05 bits per heavy atom. The Bertz CT molecular complexity index is 640. The third-order valence-electron chi connectivity index (χ3n) is 2.83. The van der Waals surface area contributed by atoms with Crippen LogP contribution in [0.15, 0.2) is 54.6 Å². The summed E-state index contributed by atoms with van der Waals surface area (Å²) < 4.78 is 5.47. The SMILES string of the molecule is C[C@H](Oc1ccccc1)C(=O)Nc1ccccc1C(=O)[O-]. The molecule has 2 aromatic rings. The predicted octanol–water partition coefficient (Wildman–Crippen LogP) is 1.46. The summed E-state index contributed by atoms with van der Waals surface area (Å²) >= 11 is 0. The first kappa shape index (κ1) is 14.6. The number of anilines is 1. The maximum absolute atomic E-state index is 12.0. The van der Waals surface area contributed by atoms with Gasteiger partial charge in [-0.2, -0.15) is 0 Å². The van der Waals surface area contributed by atoms with Gasteiger partial charge in [0.05, 0.1) is 5.97 Å². The fourth-order valence-corrected chi connectivity index (χ4v) is 1.76. The van der Waals surface area contributed by atoms with Crippen molar-refractivity contribution in [2.45, 2.75) is 13.0 Å². The van der Waals surface area contributed by atoms with Crippen molar-refractivity contribution in [3.8, 4) is 5.75 Å². The Balaban J connectivity index is 2.06. The molecular weight excluding hydrogens is 270 g/mol. The summed E-state index contributed by atoms with van der Waals surface area (Å²) in [5.74, 6) is -1.22. The van der Waals surface area contributed by atoms with Crippen LogP contribution in [0.1, 0.15) is 17.3 Å². The molecule has 0 bridgehead atoms. The van der Waals surface area contributed by atoms with Gasteiger partial charge in [-0.1, -0.05) is 36.4 Å². The van der Waals surface area contributed by atoms with Gasteiger partial charge in [0, 0.05) is 11.3 Å². The lowest BCUT2D eigenvalue weighted by Gasteiger charge is -2.16. The van der Waals surface area contributed by atoms with E-state index in [9.17, 15) is 14.7 Å². The van der Waals surface area contributed by atoms with E-state index in [1.54, 1.807) is 43.3 Å². The maximum atomic E-state index is 12.0. The number of ether oxygens (including phenoxy) is 1. The van der Waals surface area contributed by atoms with Crippen molar-refractivity contribution in [3.05, 3.63) is 60.2 Å². The highest BCUT2D eigenvalue weighted by molar-refractivity contribution is 6.01. The average Bonchev–Trinajstić information content (AvgIpc) is 2.48. The molecule has 0 aliphatic carbocycles. The van der Waals surface area contributed by atoms with Gasteiger partial charge in [0.1, 0.15) is 5.75 Å². The maximum Gasteiger partial charge on any atom is 0.265 e. The van der Waals surface area contributed by atoms with Gasteiger partial charge < -0.3 is 20.0 Å². The Morgan fingerprint density at radius 2 is 1.67 bits per heavy atom. The molecule has 5 nitrogen and oxygen atoms in total. The number of benzene rings is 2. The van der Waals surface area contributed by atoms with Crippen molar-refractivity contribution in [2.24, 2.45) is 0 Å². The minimum atomic E-state index is -1.34. The highest BCUT2D eigenvalue weighted by Gasteiger charge is 2.16. The lowest BCUT2D eigenvalue weighted by molar-refractivity contribution is -0.254. The fourth-order valence-electron chi connectivity index (χ4n) is 1.76. The number of carboxylic acids is 1. The first-order valence-corrected chi connectivity index (χ1v) is 6.41. The lowest BCUT2D eigenvalue weighted by Crippen LogP contribution is -2.31. The van der Waals surface area contributed by atoms with Crippen LogP contribution in [0.3, 0.4) is 0 Å². The summed E-state index contributed by atoms with van der Waals surface area (Å²) in [4.78, 5) is 23.0. The molecule has 1 N–H and O–H groups in total. The first-order chi connectivity index (χ1) is 10.1. The van der Waals surface area contributed by atoms with E-state index in [1.807, 2.05) is 6.07 Å². The van der Waals surface area contributed by atoms with Crippen LogP contribution in [0.5, 0.6) is 5.75 Å². The lowest BCUT2D eigenvalue weighted by atomic mass is 10.1. The first-order valence-electron chi connectivity index (χ1n) is 6.41. The van der Waals surface area contributed by atoms with Crippen molar-refractivity contribution >= 4 is 17.6 Å². The molecule has 5 heteroatoms. The van der Waals surface area contributed by atoms with Crippen LogP contribution in [0.2, 0.25) is 0 Å². The molecule has 0 unspecified atom stereocenters. The van der Waals surface area contributed by atoms with Gasteiger partial charge in [0.2, 0.25) is 0 Å². The molecule has 0 saturated carbocycles. The highest BCUT2D eigenvalue weighted by atomic mass is 16.5.